The van der Waals surface area contributed by atoms with Gasteiger partial charge in [-0.25, -0.2) is 0 Å². The second kappa shape index (κ2) is 3.31. The number of likely N-dealkylation sites (N-methyl/N-ethyl adjacent to an activating group) is 1. The normalized spacial score (nSPS) is 25.2. The molecule has 0 aromatic carbocycles. The number of hydrogen-bond donors (Lipinski definition) is 1. The van der Waals surface area contributed by atoms with E-state index in [1.54, 1.807) is 30.8 Å². The van der Waals surface area contributed by atoms with E-state index in [-0.39, 0.29) is 16.9 Å². The topological polar surface area (TPSA) is 75.6 Å². The van der Waals surface area contributed by atoms with Crippen LogP contribution in [0, 0.1) is 10.1 Å². The van der Waals surface area contributed by atoms with Gasteiger partial charge in [0.25, 0.3) is 5.70 Å². The Bertz CT molecular complexity index is 263. The van der Waals surface area contributed by atoms with Gasteiger partial charge in [-0.1, -0.05) is 0 Å². The maximum absolute atomic E-state index is 10.6. The Morgan fingerprint density at radius 3 is 2.62 bits per heavy atom. The molecule has 0 amide bonds. The summed E-state index contributed by atoms with van der Waals surface area (Å²) in [7, 11) is 3.51. The van der Waals surface area contributed by atoms with Crippen LogP contribution in [0.5, 0.6) is 0 Å². The third kappa shape index (κ3) is 1.63. The van der Waals surface area contributed by atoms with Gasteiger partial charge in [-0.05, 0) is 14.0 Å². The molecule has 0 aromatic rings. The van der Waals surface area contributed by atoms with Crippen LogP contribution < -0.4 is 5.73 Å². The quantitative estimate of drug-likeness (QED) is 0.446. The third-order valence-electron chi connectivity index (χ3n) is 2.41. The summed E-state index contributed by atoms with van der Waals surface area (Å²) in [6, 6.07) is 0. The molecule has 6 heteroatoms. The summed E-state index contributed by atoms with van der Waals surface area (Å²) in [6.07, 6.45) is -0.274. The lowest BCUT2D eigenvalue weighted by Crippen LogP contribution is -2.54. The van der Waals surface area contributed by atoms with E-state index in [1.807, 2.05) is 0 Å². The van der Waals surface area contributed by atoms with Gasteiger partial charge < -0.3 is 4.90 Å². The SMILES string of the molecule is CC1=C([N+](=O)[O-])CN(C)C(N)N1C. The molecular formula is C7H14N4O2. The molecule has 1 unspecified atom stereocenters. The highest BCUT2D eigenvalue weighted by atomic mass is 16.6. The summed E-state index contributed by atoms with van der Waals surface area (Å²) in [5, 5.41) is 10.6. The number of nitrogens with two attached hydrogens (primary N) is 1. The summed E-state index contributed by atoms with van der Waals surface area (Å²) in [4.78, 5) is 13.7. The van der Waals surface area contributed by atoms with Crippen molar-refractivity contribution in [2.45, 2.75) is 13.2 Å². The van der Waals surface area contributed by atoms with E-state index in [2.05, 4.69) is 0 Å². The van der Waals surface area contributed by atoms with Crippen LogP contribution in [0.1, 0.15) is 6.92 Å². The van der Waals surface area contributed by atoms with Crippen molar-refractivity contribution in [1.29, 1.82) is 0 Å². The van der Waals surface area contributed by atoms with E-state index in [0.29, 0.717) is 12.2 Å². The first-order valence-corrected chi connectivity index (χ1v) is 3.98. The summed E-state index contributed by atoms with van der Waals surface area (Å²) < 4.78 is 0. The van der Waals surface area contributed by atoms with E-state index < -0.39 is 0 Å². The van der Waals surface area contributed by atoms with Crippen molar-refractivity contribution in [3.05, 3.63) is 21.5 Å². The molecule has 2 N–H and O–H groups in total. The first kappa shape index (κ1) is 9.94. The average molecular weight is 186 g/mol. The summed E-state index contributed by atoms with van der Waals surface area (Å²) >= 11 is 0. The van der Waals surface area contributed by atoms with Crippen molar-refractivity contribution in [2.75, 3.05) is 20.6 Å². The number of rotatable bonds is 1. The van der Waals surface area contributed by atoms with E-state index in [9.17, 15) is 10.1 Å². The predicted octanol–water partition coefficient (Wildman–Crippen LogP) is -0.386. The fraction of sp³-hybridized carbons (Fsp3) is 0.714. The van der Waals surface area contributed by atoms with Crippen molar-refractivity contribution < 1.29 is 4.92 Å². The van der Waals surface area contributed by atoms with Crippen molar-refractivity contribution >= 4 is 0 Å². The zero-order chi connectivity index (χ0) is 10.2. The Morgan fingerprint density at radius 1 is 1.62 bits per heavy atom. The molecule has 0 radical (unpaired) electrons. The second-order valence-corrected chi connectivity index (χ2v) is 3.23. The summed E-state index contributed by atoms with van der Waals surface area (Å²) in [5.41, 5.74) is 6.62. The molecule has 1 aliphatic rings. The molecule has 1 atom stereocenters. The van der Waals surface area contributed by atoms with E-state index in [1.165, 1.54) is 0 Å². The lowest BCUT2D eigenvalue weighted by atomic mass is 10.2. The number of nitrogens with zero attached hydrogens (tertiary/aromatic N) is 3. The maximum atomic E-state index is 10.6. The van der Waals surface area contributed by atoms with Crippen LogP contribution >= 0.6 is 0 Å². The molecule has 0 aromatic heterocycles. The zero-order valence-electron chi connectivity index (χ0n) is 8.02. The van der Waals surface area contributed by atoms with Gasteiger partial charge in [0.1, 0.15) is 6.29 Å². The van der Waals surface area contributed by atoms with E-state index >= 15 is 0 Å². The number of nitro groups is 1. The highest BCUT2D eigenvalue weighted by Crippen LogP contribution is 2.18. The molecule has 0 saturated carbocycles. The second-order valence-electron chi connectivity index (χ2n) is 3.23. The fourth-order valence-electron chi connectivity index (χ4n) is 1.33. The Labute approximate surface area is 76.7 Å². The maximum Gasteiger partial charge on any atom is 0.278 e. The molecular weight excluding hydrogens is 172 g/mol. The Kier molecular flexibility index (Phi) is 2.53. The van der Waals surface area contributed by atoms with Gasteiger partial charge in [0.05, 0.1) is 17.2 Å². The lowest BCUT2D eigenvalue weighted by Gasteiger charge is -2.37. The first-order chi connectivity index (χ1) is 5.95. The van der Waals surface area contributed by atoms with Gasteiger partial charge in [-0.3, -0.25) is 20.7 Å². The van der Waals surface area contributed by atoms with Gasteiger partial charge in [-0.15, -0.1) is 0 Å². The first-order valence-electron chi connectivity index (χ1n) is 3.98. The minimum atomic E-state index is -0.353. The molecule has 0 bridgehead atoms. The van der Waals surface area contributed by atoms with Crippen molar-refractivity contribution in [3.63, 3.8) is 0 Å². The van der Waals surface area contributed by atoms with Crippen LogP contribution in [-0.2, 0) is 0 Å². The standard InChI is InChI=1S/C7H14N4O2/c1-5-6(11(12)13)4-9(2)7(8)10(5)3/h7H,4,8H2,1-3H3. The van der Waals surface area contributed by atoms with E-state index in [0.717, 1.165) is 0 Å². The van der Waals surface area contributed by atoms with Crippen molar-refractivity contribution in [2.24, 2.45) is 5.73 Å². The van der Waals surface area contributed by atoms with Crippen molar-refractivity contribution in [3.8, 4) is 0 Å². The molecule has 0 aliphatic carbocycles. The Morgan fingerprint density at radius 2 is 2.15 bits per heavy atom. The average Bonchev–Trinajstić information content (AvgIpc) is 2.07. The Hall–Kier alpha value is -1.14. The molecule has 6 nitrogen and oxygen atoms in total. The minimum Gasteiger partial charge on any atom is -0.345 e. The third-order valence-corrected chi connectivity index (χ3v) is 2.41. The monoisotopic (exact) mass is 186 g/mol. The van der Waals surface area contributed by atoms with Gasteiger partial charge in [0.15, 0.2) is 0 Å². The minimum absolute atomic E-state index is 0.215. The van der Waals surface area contributed by atoms with Crippen LogP contribution in [0.3, 0.4) is 0 Å². The fourth-order valence-corrected chi connectivity index (χ4v) is 1.33. The van der Waals surface area contributed by atoms with Crippen LogP contribution in [0.4, 0.5) is 0 Å². The molecule has 1 heterocycles. The smallest absolute Gasteiger partial charge is 0.278 e. The summed E-state index contributed by atoms with van der Waals surface area (Å²) in [6.45, 7) is 2.01. The number of allylic oxidation sites excluding steroid dienone is 1. The van der Waals surface area contributed by atoms with Crippen LogP contribution in [-0.4, -0.2) is 41.7 Å². The van der Waals surface area contributed by atoms with Gasteiger partial charge in [0.2, 0.25) is 0 Å². The van der Waals surface area contributed by atoms with Gasteiger partial charge in [0, 0.05) is 7.05 Å². The van der Waals surface area contributed by atoms with Crippen molar-refractivity contribution in [1.82, 2.24) is 9.80 Å². The molecule has 1 aliphatic heterocycles. The highest BCUT2D eigenvalue weighted by molar-refractivity contribution is 5.09. The van der Waals surface area contributed by atoms with Gasteiger partial charge >= 0.3 is 0 Å². The predicted molar refractivity (Wildman–Crippen MR) is 48.1 cm³/mol. The van der Waals surface area contributed by atoms with Crippen LogP contribution in [0.15, 0.2) is 11.4 Å². The molecule has 0 fully saturated rings. The molecule has 0 saturated heterocycles. The highest BCUT2D eigenvalue weighted by Gasteiger charge is 2.31. The van der Waals surface area contributed by atoms with Gasteiger partial charge in [-0.2, -0.15) is 0 Å². The zero-order valence-corrected chi connectivity index (χ0v) is 8.02. The molecule has 74 valence electrons. The molecule has 1 rings (SSSR count). The lowest BCUT2D eigenvalue weighted by molar-refractivity contribution is -0.432. The van der Waals surface area contributed by atoms with E-state index in [4.69, 9.17) is 5.73 Å². The van der Waals surface area contributed by atoms with Crippen LogP contribution in [0.2, 0.25) is 0 Å². The molecule has 13 heavy (non-hydrogen) atoms. The Balaban J connectivity index is 3.01. The van der Waals surface area contributed by atoms with Crippen LogP contribution in [0.25, 0.3) is 0 Å². The summed E-state index contributed by atoms with van der Waals surface area (Å²) in [5.74, 6) is 0. The number of hydrogen-bond acceptors (Lipinski definition) is 5. The molecule has 0 spiro atoms. The largest absolute Gasteiger partial charge is 0.345 e.